The second-order valence-corrected chi connectivity index (χ2v) is 5.35. The van der Waals surface area contributed by atoms with Gasteiger partial charge in [-0.2, -0.15) is 8.42 Å². The summed E-state index contributed by atoms with van der Waals surface area (Å²) in [6.07, 6.45) is 0. The molecule has 1 aromatic heterocycles. The lowest BCUT2D eigenvalue weighted by atomic mass is 10.2. The Labute approximate surface area is 85.7 Å². The first-order chi connectivity index (χ1) is 6.56. The van der Waals surface area contributed by atoms with Crippen molar-refractivity contribution in [1.82, 2.24) is 0 Å². The number of benzene rings is 1. The fraction of sp³-hybridized carbons (Fsp3) is 0.111. The first-order valence-corrected chi connectivity index (χ1v) is 6.45. The fourth-order valence-electron chi connectivity index (χ4n) is 1.34. The molecule has 0 radical (unpaired) electrons. The van der Waals surface area contributed by atoms with E-state index < -0.39 is 10.1 Å². The van der Waals surface area contributed by atoms with Gasteiger partial charge in [-0.25, -0.2) is 0 Å². The highest BCUT2D eigenvalue weighted by molar-refractivity contribution is 7.85. The number of hydrogen-bond donors (Lipinski definition) is 1. The Kier molecular flexibility index (Phi) is 2.30. The predicted octanol–water partition coefficient (Wildman–Crippen LogP) is 2.29. The number of fused-ring (bicyclic) bond motifs is 1. The van der Waals surface area contributed by atoms with Gasteiger partial charge < -0.3 is 0 Å². The summed E-state index contributed by atoms with van der Waals surface area (Å²) in [4.78, 5) is 0. The zero-order valence-electron chi connectivity index (χ0n) is 7.17. The third-order valence-corrected chi connectivity index (χ3v) is 3.59. The minimum absolute atomic E-state index is 0.309. The second-order valence-electron chi connectivity index (χ2n) is 2.98. The average molecular weight is 228 g/mol. The molecule has 0 saturated carbocycles. The average Bonchev–Trinajstić information content (AvgIpc) is 2.47. The van der Waals surface area contributed by atoms with Crippen LogP contribution in [0.4, 0.5) is 0 Å². The molecule has 0 spiro atoms. The molecular weight excluding hydrogens is 220 g/mol. The van der Waals surface area contributed by atoms with Crippen LogP contribution in [-0.4, -0.2) is 13.0 Å². The lowest BCUT2D eigenvalue weighted by Gasteiger charge is -1.95. The molecular formula is C9H8O3S2. The van der Waals surface area contributed by atoms with Crippen LogP contribution in [0.3, 0.4) is 0 Å². The van der Waals surface area contributed by atoms with E-state index in [1.54, 1.807) is 5.38 Å². The van der Waals surface area contributed by atoms with Gasteiger partial charge in [0.1, 0.15) is 5.75 Å². The largest absolute Gasteiger partial charge is 0.285 e. The van der Waals surface area contributed by atoms with Crippen molar-refractivity contribution in [2.75, 3.05) is 0 Å². The first-order valence-electron chi connectivity index (χ1n) is 3.96. The van der Waals surface area contributed by atoms with E-state index in [2.05, 4.69) is 0 Å². The van der Waals surface area contributed by atoms with Crippen LogP contribution in [0.5, 0.6) is 0 Å². The molecule has 0 amide bonds. The molecule has 0 aliphatic heterocycles. The van der Waals surface area contributed by atoms with E-state index in [1.807, 2.05) is 24.3 Å². The van der Waals surface area contributed by atoms with Crippen LogP contribution in [-0.2, 0) is 15.9 Å². The van der Waals surface area contributed by atoms with Crippen LogP contribution in [0.1, 0.15) is 5.56 Å². The normalized spacial score (nSPS) is 12.1. The minimum Gasteiger partial charge on any atom is -0.285 e. The Balaban J connectivity index is 2.54. The maximum Gasteiger partial charge on any atom is 0.269 e. The molecule has 2 aromatic rings. The van der Waals surface area contributed by atoms with Crippen molar-refractivity contribution in [2.24, 2.45) is 0 Å². The molecule has 3 nitrogen and oxygen atoms in total. The van der Waals surface area contributed by atoms with Crippen molar-refractivity contribution < 1.29 is 13.0 Å². The summed E-state index contributed by atoms with van der Waals surface area (Å²) in [6.45, 7) is 0. The highest BCUT2D eigenvalue weighted by Crippen LogP contribution is 2.26. The van der Waals surface area contributed by atoms with E-state index in [9.17, 15) is 8.42 Å². The summed E-state index contributed by atoms with van der Waals surface area (Å²) in [7, 11) is -3.93. The van der Waals surface area contributed by atoms with Gasteiger partial charge in [0.2, 0.25) is 0 Å². The molecule has 0 saturated heterocycles. The van der Waals surface area contributed by atoms with E-state index in [4.69, 9.17) is 4.55 Å². The lowest BCUT2D eigenvalue weighted by Crippen LogP contribution is -2.00. The zero-order valence-corrected chi connectivity index (χ0v) is 8.81. The van der Waals surface area contributed by atoms with Gasteiger partial charge in [-0.1, -0.05) is 18.2 Å². The van der Waals surface area contributed by atoms with Gasteiger partial charge in [-0.15, -0.1) is 11.3 Å². The third-order valence-electron chi connectivity index (χ3n) is 1.90. The van der Waals surface area contributed by atoms with Gasteiger partial charge in [0.15, 0.2) is 0 Å². The van der Waals surface area contributed by atoms with Crippen molar-refractivity contribution in [2.45, 2.75) is 5.75 Å². The van der Waals surface area contributed by atoms with Crippen LogP contribution in [0, 0.1) is 0 Å². The molecule has 0 fully saturated rings. The van der Waals surface area contributed by atoms with Crippen molar-refractivity contribution in [3.63, 3.8) is 0 Å². The molecule has 0 atom stereocenters. The first kappa shape index (κ1) is 9.64. The molecule has 2 rings (SSSR count). The quantitative estimate of drug-likeness (QED) is 0.802. The highest BCUT2D eigenvalue weighted by Gasteiger charge is 2.10. The summed E-state index contributed by atoms with van der Waals surface area (Å²) < 4.78 is 31.2. The third kappa shape index (κ3) is 1.95. The van der Waals surface area contributed by atoms with Gasteiger partial charge in [-0.3, -0.25) is 4.55 Å². The van der Waals surface area contributed by atoms with E-state index in [0.29, 0.717) is 5.56 Å². The van der Waals surface area contributed by atoms with Crippen LogP contribution in [0.25, 0.3) is 10.1 Å². The van der Waals surface area contributed by atoms with Crippen molar-refractivity contribution in [3.8, 4) is 0 Å². The Morgan fingerprint density at radius 3 is 2.71 bits per heavy atom. The highest BCUT2D eigenvalue weighted by atomic mass is 32.2. The van der Waals surface area contributed by atoms with Gasteiger partial charge >= 0.3 is 0 Å². The van der Waals surface area contributed by atoms with E-state index in [-0.39, 0.29) is 5.75 Å². The summed E-state index contributed by atoms with van der Waals surface area (Å²) in [5.74, 6) is -0.309. The fourth-order valence-corrected chi connectivity index (χ4v) is 3.04. The van der Waals surface area contributed by atoms with Crippen molar-refractivity contribution in [3.05, 3.63) is 35.2 Å². The van der Waals surface area contributed by atoms with Crippen molar-refractivity contribution >= 4 is 31.5 Å². The van der Waals surface area contributed by atoms with E-state index in [1.165, 1.54) is 11.3 Å². The molecule has 1 N–H and O–H groups in total. The van der Waals surface area contributed by atoms with Crippen LogP contribution >= 0.6 is 11.3 Å². The summed E-state index contributed by atoms with van der Waals surface area (Å²) in [5.41, 5.74) is 0.660. The molecule has 1 aromatic carbocycles. The van der Waals surface area contributed by atoms with Crippen LogP contribution in [0.2, 0.25) is 0 Å². The molecule has 5 heteroatoms. The summed E-state index contributed by atoms with van der Waals surface area (Å²) in [6, 6.07) is 7.53. The van der Waals surface area contributed by atoms with Gasteiger partial charge in [0, 0.05) is 4.70 Å². The SMILES string of the molecule is O=S(=O)(O)Cc1csc2ccccc12. The van der Waals surface area contributed by atoms with Crippen LogP contribution in [0.15, 0.2) is 29.6 Å². The van der Waals surface area contributed by atoms with E-state index >= 15 is 0 Å². The maximum absolute atomic E-state index is 10.7. The number of rotatable bonds is 2. The Hall–Kier alpha value is -0.910. The maximum atomic E-state index is 10.7. The monoisotopic (exact) mass is 228 g/mol. The molecule has 14 heavy (non-hydrogen) atoms. The number of hydrogen-bond acceptors (Lipinski definition) is 3. The molecule has 1 heterocycles. The van der Waals surface area contributed by atoms with E-state index in [0.717, 1.165) is 10.1 Å². The molecule has 0 aliphatic carbocycles. The zero-order chi connectivity index (χ0) is 10.2. The summed E-state index contributed by atoms with van der Waals surface area (Å²) in [5, 5.41) is 2.66. The smallest absolute Gasteiger partial charge is 0.269 e. The number of thiophene rings is 1. The topological polar surface area (TPSA) is 54.4 Å². The Morgan fingerprint density at radius 1 is 1.29 bits per heavy atom. The second kappa shape index (κ2) is 3.34. The Morgan fingerprint density at radius 2 is 2.00 bits per heavy atom. The minimum atomic E-state index is -3.93. The molecule has 0 aliphatic rings. The standard InChI is InChI=1S/C9H8O3S2/c10-14(11,12)6-7-5-13-9-4-2-1-3-8(7)9/h1-5H,6H2,(H,10,11,12). The van der Waals surface area contributed by atoms with Gasteiger partial charge in [0.25, 0.3) is 10.1 Å². The molecule has 74 valence electrons. The van der Waals surface area contributed by atoms with Gasteiger partial charge in [0.05, 0.1) is 0 Å². The lowest BCUT2D eigenvalue weighted by molar-refractivity contribution is 0.482. The van der Waals surface area contributed by atoms with Crippen LogP contribution < -0.4 is 0 Å². The Bertz CT molecular complexity index is 554. The predicted molar refractivity (Wildman–Crippen MR) is 57.1 cm³/mol. The molecule has 0 bridgehead atoms. The van der Waals surface area contributed by atoms with Crippen molar-refractivity contribution in [1.29, 1.82) is 0 Å². The van der Waals surface area contributed by atoms with Gasteiger partial charge in [-0.05, 0) is 22.4 Å². The molecule has 0 unspecified atom stereocenters. The summed E-state index contributed by atoms with van der Waals surface area (Å²) >= 11 is 1.48.